The minimum atomic E-state index is -0.115. The first-order chi connectivity index (χ1) is 18.2. The van der Waals surface area contributed by atoms with Gasteiger partial charge in [-0.05, 0) is 79.0 Å². The standard InChI is InChI=1S/C32H49N3O3/c1-24(2)30-25(3)28(13-14-29(30)37-6)31(36)35-20-18-34(19-21-35)26-9-11-27(12-10-26)38-22-8-17-33-16-7-15-32(4,5)23-33/h9-14,24-25,28H,7-8,15-23H2,1-6H3. The zero-order valence-electron chi connectivity index (χ0n) is 24.5. The van der Waals surface area contributed by atoms with Crippen molar-refractivity contribution in [1.29, 1.82) is 0 Å². The van der Waals surface area contributed by atoms with E-state index in [4.69, 9.17) is 9.47 Å². The molecule has 38 heavy (non-hydrogen) atoms. The highest BCUT2D eigenvalue weighted by Gasteiger charge is 2.35. The topological polar surface area (TPSA) is 45.3 Å². The van der Waals surface area contributed by atoms with Crippen molar-refractivity contribution in [2.75, 3.05) is 64.4 Å². The van der Waals surface area contributed by atoms with Gasteiger partial charge in [0.25, 0.3) is 0 Å². The molecule has 0 radical (unpaired) electrons. The zero-order chi connectivity index (χ0) is 27.3. The summed E-state index contributed by atoms with van der Waals surface area (Å²) in [5, 5.41) is 0. The van der Waals surface area contributed by atoms with Crippen LogP contribution in [0, 0.1) is 23.2 Å². The molecule has 3 aliphatic rings. The molecule has 1 aromatic rings. The third kappa shape index (κ3) is 6.93. The van der Waals surface area contributed by atoms with Crippen LogP contribution in [0.25, 0.3) is 0 Å². The highest BCUT2D eigenvalue weighted by molar-refractivity contribution is 5.82. The van der Waals surface area contributed by atoms with Crippen LogP contribution in [0.15, 0.2) is 47.7 Å². The number of ether oxygens (including phenoxy) is 2. The predicted molar refractivity (Wildman–Crippen MR) is 155 cm³/mol. The average molecular weight is 524 g/mol. The lowest BCUT2D eigenvalue weighted by molar-refractivity contribution is -0.135. The van der Waals surface area contributed by atoms with Gasteiger partial charge in [0.05, 0.1) is 19.6 Å². The Balaban J connectivity index is 1.22. The fourth-order valence-corrected chi connectivity index (χ4v) is 6.53. The minimum absolute atomic E-state index is 0.115. The predicted octanol–water partition coefficient (Wildman–Crippen LogP) is 5.60. The highest BCUT2D eigenvalue weighted by Crippen LogP contribution is 2.36. The van der Waals surface area contributed by atoms with Gasteiger partial charge in [0.1, 0.15) is 11.5 Å². The van der Waals surface area contributed by atoms with Crippen LogP contribution in [0.1, 0.15) is 53.9 Å². The lowest BCUT2D eigenvalue weighted by atomic mass is 9.77. The number of rotatable bonds is 9. The SMILES string of the molecule is COC1=C(C(C)C)C(C)C(C(=O)N2CCN(c3ccc(OCCCN4CCCC(C)(C)C4)cc3)CC2)C=C1. The summed E-state index contributed by atoms with van der Waals surface area (Å²) in [6.07, 6.45) is 7.73. The van der Waals surface area contributed by atoms with Crippen LogP contribution in [0.3, 0.4) is 0 Å². The van der Waals surface area contributed by atoms with Gasteiger partial charge in [0.15, 0.2) is 0 Å². The number of likely N-dealkylation sites (tertiary alicyclic amines) is 1. The number of benzene rings is 1. The molecule has 0 saturated carbocycles. The molecule has 0 aromatic heterocycles. The van der Waals surface area contributed by atoms with Gasteiger partial charge in [0.2, 0.25) is 5.91 Å². The summed E-state index contributed by atoms with van der Waals surface area (Å²) in [4.78, 5) is 20.4. The van der Waals surface area contributed by atoms with Gasteiger partial charge in [-0.15, -0.1) is 0 Å². The van der Waals surface area contributed by atoms with E-state index >= 15 is 0 Å². The van der Waals surface area contributed by atoms with Gasteiger partial charge in [0, 0.05) is 45.0 Å². The molecule has 0 spiro atoms. The van der Waals surface area contributed by atoms with Crippen molar-refractivity contribution in [3.63, 3.8) is 0 Å². The third-order valence-corrected chi connectivity index (χ3v) is 8.56. The van der Waals surface area contributed by atoms with Crippen LogP contribution in [-0.2, 0) is 9.53 Å². The van der Waals surface area contributed by atoms with Crippen molar-refractivity contribution < 1.29 is 14.3 Å². The van der Waals surface area contributed by atoms with Gasteiger partial charge < -0.3 is 24.2 Å². The van der Waals surface area contributed by atoms with Gasteiger partial charge in [-0.3, -0.25) is 4.79 Å². The van der Waals surface area contributed by atoms with Crippen molar-refractivity contribution in [2.24, 2.45) is 23.2 Å². The number of carbonyl (C=O) groups is 1. The lowest BCUT2D eigenvalue weighted by Crippen LogP contribution is -2.51. The van der Waals surface area contributed by atoms with Gasteiger partial charge in [-0.2, -0.15) is 0 Å². The Morgan fingerprint density at radius 1 is 1.08 bits per heavy atom. The summed E-state index contributed by atoms with van der Waals surface area (Å²) < 4.78 is 11.6. The Morgan fingerprint density at radius 3 is 2.42 bits per heavy atom. The number of piperazine rings is 1. The molecule has 2 fully saturated rings. The van der Waals surface area contributed by atoms with E-state index in [1.165, 1.54) is 37.2 Å². The molecule has 2 aliphatic heterocycles. The van der Waals surface area contributed by atoms with Crippen LogP contribution >= 0.6 is 0 Å². The molecule has 1 amide bonds. The maximum absolute atomic E-state index is 13.4. The number of hydrogen-bond donors (Lipinski definition) is 0. The normalized spacial score (nSPS) is 24.2. The first-order valence-electron chi connectivity index (χ1n) is 14.6. The molecule has 2 saturated heterocycles. The van der Waals surface area contributed by atoms with E-state index in [9.17, 15) is 4.79 Å². The van der Waals surface area contributed by atoms with E-state index in [1.807, 2.05) is 17.1 Å². The van der Waals surface area contributed by atoms with Crippen molar-refractivity contribution in [1.82, 2.24) is 9.80 Å². The number of amides is 1. The molecule has 1 aliphatic carbocycles. The highest BCUT2D eigenvalue weighted by atomic mass is 16.5. The van der Waals surface area contributed by atoms with Crippen LogP contribution < -0.4 is 9.64 Å². The molecule has 0 bridgehead atoms. The van der Waals surface area contributed by atoms with Crippen LogP contribution in [-0.4, -0.2) is 75.2 Å². The van der Waals surface area contributed by atoms with Crippen LogP contribution in [0.2, 0.25) is 0 Å². The Morgan fingerprint density at radius 2 is 1.79 bits per heavy atom. The molecule has 2 unspecified atom stereocenters. The smallest absolute Gasteiger partial charge is 0.230 e. The number of nitrogens with zero attached hydrogens (tertiary/aromatic N) is 3. The Hall–Kier alpha value is -2.47. The fraction of sp³-hybridized carbons (Fsp3) is 0.656. The summed E-state index contributed by atoms with van der Waals surface area (Å²) in [5.41, 5.74) is 2.88. The maximum Gasteiger partial charge on any atom is 0.230 e. The molecule has 1 aromatic carbocycles. The van der Waals surface area contributed by atoms with Gasteiger partial charge in [-0.25, -0.2) is 0 Å². The molecule has 0 N–H and O–H groups in total. The number of allylic oxidation sites excluding steroid dienone is 2. The van der Waals surface area contributed by atoms with E-state index in [0.29, 0.717) is 11.3 Å². The molecule has 2 heterocycles. The molecule has 6 nitrogen and oxygen atoms in total. The number of piperidine rings is 1. The summed E-state index contributed by atoms with van der Waals surface area (Å²) in [6.45, 7) is 18.7. The van der Waals surface area contributed by atoms with Crippen molar-refractivity contribution in [3.8, 4) is 5.75 Å². The molecule has 4 rings (SSSR count). The Kier molecular flexibility index (Phi) is 9.45. The third-order valence-electron chi connectivity index (χ3n) is 8.56. The van der Waals surface area contributed by atoms with Crippen LogP contribution in [0.5, 0.6) is 5.75 Å². The number of methoxy groups -OCH3 is 1. The fourth-order valence-electron chi connectivity index (χ4n) is 6.53. The van der Waals surface area contributed by atoms with E-state index < -0.39 is 0 Å². The van der Waals surface area contributed by atoms with Gasteiger partial charge >= 0.3 is 0 Å². The van der Waals surface area contributed by atoms with Crippen LogP contribution in [0.4, 0.5) is 5.69 Å². The second-order valence-electron chi connectivity index (χ2n) is 12.4. The molecular weight excluding hydrogens is 474 g/mol. The second kappa shape index (κ2) is 12.6. The summed E-state index contributed by atoms with van der Waals surface area (Å²) in [6, 6.07) is 8.47. The number of carbonyl (C=O) groups excluding carboxylic acids is 1. The molecule has 6 heteroatoms. The summed E-state index contributed by atoms with van der Waals surface area (Å²) >= 11 is 0. The van der Waals surface area contributed by atoms with Gasteiger partial charge in [-0.1, -0.05) is 40.7 Å². The van der Waals surface area contributed by atoms with Crippen molar-refractivity contribution in [2.45, 2.75) is 53.9 Å². The monoisotopic (exact) mass is 523 g/mol. The first-order valence-corrected chi connectivity index (χ1v) is 14.6. The largest absolute Gasteiger partial charge is 0.497 e. The van der Waals surface area contributed by atoms with E-state index in [1.54, 1.807) is 7.11 Å². The lowest BCUT2D eigenvalue weighted by Gasteiger charge is -2.39. The first kappa shape index (κ1) is 28.5. The zero-order valence-corrected chi connectivity index (χ0v) is 24.5. The molecule has 2 atom stereocenters. The van der Waals surface area contributed by atoms with Crippen molar-refractivity contribution >= 4 is 11.6 Å². The summed E-state index contributed by atoms with van der Waals surface area (Å²) in [7, 11) is 1.71. The second-order valence-corrected chi connectivity index (χ2v) is 12.4. The van der Waals surface area contributed by atoms with E-state index in [2.05, 4.69) is 68.7 Å². The molecular formula is C32H49N3O3. The quantitative estimate of drug-likeness (QED) is 0.394. The number of hydrogen-bond acceptors (Lipinski definition) is 5. The number of anilines is 1. The molecule has 210 valence electrons. The summed E-state index contributed by atoms with van der Waals surface area (Å²) in [5.74, 6) is 2.48. The van der Waals surface area contributed by atoms with E-state index in [0.717, 1.165) is 57.3 Å². The van der Waals surface area contributed by atoms with Crippen molar-refractivity contribution in [3.05, 3.63) is 47.7 Å². The Bertz CT molecular complexity index is 990. The Labute approximate surface area is 230 Å². The average Bonchev–Trinajstić information content (AvgIpc) is 2.90. The minimum Gasteiger partial charge on any atom is -0.497 e. The van der Waals surface area contributed by atoms with E-state index in [-0.39, 0.29) is 17.7 Å². The maximum atomic E-state index is 13.4.